The lowest BCUT2D eigenvalue weighted by Gasteiger charge is -2.26. The Morgan fingerprint density at radius 2 is 1.59 bits per heavy atom. The van der Waals surface area contributed by atoms with E-state index in [1.165, 1.54) is 0 Å². The Morgan fingerprint density at radius 3 is 2.08 bits per heavy atom. The summed E-state index contributed by atoms with van der Waals surface area (Å²) in [7, 11) is 1.57. The minimum atomic E-state index is -0.647. The maximum Gasteiger partial charge on any atom is 0.430 e. The van der Waals surface area contributed by atoms with Gasteiger partial charge in [-0.15, -0.1) is 0 Å². The van der Waals surface area contributed by atoms with Crippen LogP contribution in [0.4, 0.5) is 10.5 Å². The molecule has 0 N–H and O–H groups in total. The van der Waals surface area contributed by atoms with Crippen molar-refractivity contribution in [2.45, 2.75) is 73.8 Å². The fourth-order valence-electron chi connectivity index (χ4n) is 3.37. The van der Waals surface area contributed by atoms with Gasteiger partial charge in [0.15, 0.2) is 0 Å². The molecule has 0 unspecified atom stereocenters. The highest BCUT2D eigenvalue weighted by Crippen LogP contribution is 2.34. The molecular weight excluding hydrogens is 465 g/mol. The van der Waals surface area contributed by atoms with Crippen molar-refractivity contribution in [3.63, 3.8) is 0 Å². The number of hydrogen-bond donors (Lipinski definition) is 0. The van der Waals surface area contributed by atoms with Crippen LogP contribution in [0.3, 0.4) is 0 Å². The molecule has 4 rings (SSSR count). The molecule has 0 atom stereocenters. The van der Waals surface area contributed by atoms with E-state index in [0.717, 1.165) is 34.5 Å². The molecule has 8 heteroatoms. The van der Waals surface area contributed by atoms with Crippen LogP contribution in [0, 0.1) is 17.1 Å². The maximum absolute atomic E-state index is 12.4. The van der Waals surface area contributed by atoms with Crippen LogP contribution in [0.1, 0.15) is 73.8 Å². The highest BCUT2D eigenvalue weighted by molar-refractivity contribution is 6.82. The van der Waals surface area contributed by atoms with Crippen LogP contribution >= 0.6 is 0 Å². The van der Waals surface area contributed by atoms with Crippen LogP contribution in [-0.2, 0) is 9.53 Å². The van der Waals surface area contributed by atoms with Gasteiger partial charge >= 0.3 is 12.9 Å². The van der Waals surface area contributed by atoms with Crippen molar-refractivity contribution >= 4 is 35.7 Å². The largest absolute Gasteiger partial charge is 0.497 e. The van der Waals surface area contributed by atoms with E-state index in [2.05, 4.69) is 10.9 Å². The van der Waals surface area contributed by atoms with Crippen LogP contribution in [-0.4, -0.2) is 37.3 Å². The Kier molecular flexibility index (Phi) is 12.6. The third-order valence-corrected chi connectivity index (χ3v) is 5.14. The molecule has 2 aromatic carbocycles. The molecule has 7 nitrogen and oxygen atoms in total. The Balaban J connectivity index is 0.000000361. The summed E-state index contributed by atoms with van der Waals surface area (Å²) in [6.07, 6.45) is 1.02. The molecule has 0 aromatic heterocycles. The molecule has 1 aliphatic heterocycles. The van der Waals surface area contributed by atoms with Gasteiger partial charge in [-0.25, -0.2) is 15.0 Å². The first-order valence-electron chi connectivity index (χ1n) is 12.9. The van der Waals surface area contributed by atoms with Gasteiger partial charge in [-0.05, 0) is 75.8 Å². The summed E-state index contributed by atoms with van der Waals surface area (Å²) in [5.74, 6) is 2.56. The van der Waals surface area contributed by atoms with Gasteiger partial charge in [-0.3, -0.25) is 4.79 Å². The van der Waals surface area contributed by atoms with E-state index in [1.54, 1.807) is 52.1 Å². The summed E-state index contributed by atoms with van der Waals surface area (Å²) in [5.41, 5.74) is 2.98. The third-order valence-electron chi connectivity index (χ3n) is 5.14. The van der Waals surface area contributed by atoms with Gasteiger partial charge in [-0.2, -0.15) is 0 Å². The lowest BCUT2D eigenvalue weighted by molar-refractivity contribution is -0.119. The van der Waals surface area contributed by atoms with Crippen molar-refractivity contribution in [3.8, 4) is 11.7 Å². The summed E-state index contributed by atoms with van der Waals surface area (Å²) in [4.78, 5) is 30.1. The minimum absolute atomic E-state index is 0.0698. The smallest absolute Gasteiger partial charge is 0.430 e. The zero-order valence-electron chi connectivity index (χ0n) is 23.7. The van der Waals surface area contributed by atoms with E-state index < -0.39 is 11.7 Å². The van der Waals surface area contributed by atoms with E-state index in [-0.39, 0.29) is 18.7 Å². The average molecular weight is 505 g/mol. The maximum atomic E-state index is 12.4. The first-order valence-corrected chi connectivity index (χ1v) is 12.9. The number of nitriles is 1. The Hall–Kier alpha value is -3.60. The van der Waals surface area contributed by atoms with Gasteiger partial charge in [0.1, 0.15) is 11.4 Å². The van der Waals surface area contributed by atoms with Gasteiger partial charge in [0.2, 0.25) is 5.91 Å². The number of ether oxygens (including phenoxy) is 2. The minimum Gasteiger partial charge on any atom is -0.497 e. The lowest BCUT2D eigenvalue weighted by Crippen LogP contribution is -2.41. The van der Waals surface area contributed by atoms with E-state index in [4.69, 9.17) is 14.7 Å². The fraction of sp³-hybridized carbons (Fsp3) is 0.448. The number of carbonyl (C=O) groups is 2. The summed E-state index contributed by atoms with van der Waals surface area (Å²) in [6.45, 7) is 15.0. The van der Waals surface area contributed by atoms with Crippen molar-refractivity contribution in [3.05, 3.63) is 54.1 Å². The fourth-order valence-corrected chi connectivity index (χ4v) is 3.37. The van der Waals surface area contributed by atoms with Crippen molar-refractivity contribution in [1.82, 2.24) is 0 Å². The molecule has 2 aliphatic rings. The van der Waals surface area contributed by atoms with Crippen molar-refractivity contribution in [2.24, 2.45) is 10.8 Å². The molecule has 37 heavy (non-hydrogen) atoms. The molecule has 1 fully saturated rings. The Morgan fingerprint density at radius 1 is 1.03 bits per heavy atom. The van der Waals surface area contributed by atoms with E-state index >= 15 is 0 Å². The summed E-state index contributed by atoms with van der Waals surface area (Å²) in [6, 6.07) is 14.7. The van der Waals surface area contributed by atoms with E-state index in [0.29, 0.717) is 11.4 Å². The third kappa shape index (κ3) is 9.09. The normalized spacial score (nSPS) is 13.0. The molecule has 1 aliphatic carbocycles. The van der Waals surface area contributed by atoms with Gasteiger partial charge in [0.05, 0.1) is 12.8 Å². The molecule has 2 aromatic rings. The number of hydrogen-bond acceptors (Lipinski definition) is 6. The summed E-state index contributed by atoms with van der Waals surface area (Å²) in [5, 5.41) is 8.77. The van der Waals surface area contributed by atoms with Crippen LogP contribution in [0.15, 0.2) is 53.4 Å². The summed E-state index contributed by atoms with van der Waals surface area (Å²) >= 11 is 0. The second-order valence-corrected chi connectivity index (χ2v) is 8.96. The zero-order chi connectivity index (χ0) is 28.2. The number of nitrogens with zero attached hydrogens (tertiary/aromatic N) is 3. The second-order valence-electron chi connectivity index (χ2n) is 8.96. The Labute approximate surface area is 222 Å². The summed E-state index contributed by atoms with van der Waals surface area (Å²) < 4.78 is 10.4. The molecule has 1 heterocycles. The molecule has 198 valence electrons. The van der Waals surface area contributed by atoms with Crippen LogP contribution in [0.5, 0.6) is 5.75 Å². The number of methoxy groups -OCH3 is 1. The SMILES string of the molecule is CC.CC.CC1=NB(C#N)c2ccccc21.COc1ccc(N(C(=O)OC(C)(C)C)C(=O)C2CC2)cc1. The highest BCUT2D eigenvalue weighted by atomic mass is 16.6. The predicted molar refractivity (Wildman–Crippen MR) is 152 cm³/mol. The van der Waals surface area contributed by atoms with Gasteiger partial charge in [0.25, 0.3) is 0 Å². The number of amides is 2. The van der Waals surface area contributed by atoms with Crippen molar-refractivity contribution < 1.29 is 19.1 Å². The number of rotatable bonds is 3. The average Bonchev–Trinajstić information content (AvgIpc) is 3.70. The van der Waals surface area contributed by atoms with Crippen LogP contribution in [0.25, 0.3) is 0 Å². The first-order chi connectivity index (χ1) is 17.6. The first kappa shape index (κ1) is 31.4. The number of benzene rings is 2. The van der Waals surface area contributed by atoms with Gasteiger partial charge in [-0.1, -0.05) is 52.0 Å². The molecule has 0 radical (unpaired) electrons. The van der Waals surface area contributed by atoms with Gasteiger partial charge in [0, 0.05) is 17.6 Å². The number of fused-ring (bicyclic) bond motifs is 1. The number of anilines is 1. The van der Waals surface area contributed by atoms with Crippen LogP contribution in [0.2, 0.25) is 0 Å². The number of carbonyl (C=O) groups excluding carboxylic acids is 2. The van der Waals surface area contributed by atoms with Crippen LogP contribution < -0.4 is 15.1 Å². The highest BCUT2D eigenvalue weighted by Gasteiger charge is 2.38. The second kappa shape index (κ2) is 14.8. The Bertz CT molecular complexity index is 1100. The predicted octanol–water partition coefficient (Wildman–Crippen LogP) is 6.20. The molecule has 0 spiro atoms. The monoisotopic (exact) mass is 505 g/mol. The quantitative estimate of drug-likeness (QED) is 0.464. The van der Waals surface area contributed by atoms with Gasteiger partial charge < -0.3 is 14.4 Å². The van der Waals surface area contributed by atoms with Crippen molar-refractivity contribution in [1.29, 1.82) is 5.26 Å². The number of imide groups is 1. The molecule has 2 amide bonds. The molecule has 0 saturated heterocycles. The van der Waals surface area contributed by atoms with Crippen molar-refractivity contribution in [2.75, 3.05) is 12.0 Å². The van der Waals surface area contributed by atoms with E-state index in [1.807, 2.05) is 58.9 Å². The topological polar surface area (TPSA) is 92.0 Å². The standard InChI is InChI=1S/C16H21NO4.C9H7BN2.2C2H6/c1-16(2,3)21-15(19)17(14(18)11-5-6-11)12-7-9-13(20-4)10-8-12;1-7-8-4-2-3-5-9(8)10(6-11)12-7;2*1-2/h7-11H,5-6H2,1-4H3;2-5H,1H3;2*1-2H3. The molecule has 1 saturated carbocycles. The molecular formula is C29H40BN3O4. The van der Waals surface area contributed by atoms with E-state index in [9.17, 15) is 9.59 Å². The zero-order valence-corrected chi connectivity index (χ0v) is 23.7. The molecule has 0 bridgehead atoms. The lowest BCUT2D eigenvalue weighted by atomic mass is 9.59.